The van der Waals surface area contributed by atoms with Crippen LogP contribution in [0.3, 0.4) is 0 Å². The molecule has 3 heterocycles. The zero-order valence-corrected chi connectivity index (χ0v) is 17.7. The Morgan fingerprint density at radius 2 is 1.96 bits per heavy atom. The largest absolute Gasteiger partial charge is 0.337 e. The van der Waals surface area contributed by atoms with Crippen LogP contribution in [0.4, 0.5) is 0 Å². The van der Waals surface area contributed by atoms with E-state index in [1.54, 1.807) is 22.7 Å². The van der Waals surface area contributed by atoms with Gasteiger partial charge < -0.3 is 9.47 Å². The number of thiophene rings is 2. The third-order valence-electron chi connectivity index (χ3n) is 4.55. The first-order chi connectivity index (χ1) is 13.2. The van der Waals surface area contributed by atoms with Crippen molar-refractivity contribution in [2.75, 3.05) is 12.3 Å². The molecule has 0 bridgehead atoms. The van der Waals surface area contributed by atoms with Gasteiger partial charge in [0.2, 0.25) is 5.91 Å². The summed E-state index contributed by atoms with van der Waals surface area (Å²) in [6.07, 6.45) is 3.17. The fourth-order valence-corrected chi connectivity index (χ4v) is 5.33. The van der Waals surface area contributed by atoms with Crippen molar-refractivity contribution >= 4 is 40.3 Å². The molecule has 3 aromatic rings. The summed E-state index contributed by atoms with van der Waals surface area (Å²) in [6.45, 7) is 3.44. The summed E-state index contributed by atoms with van der Waals surface area (Å²) in [7, 11) is 0. The lowest BCUT2D eigenvalue weighted by Gasteiger charge is -2.20. The lowest BCUT2D eigenvalue weighted by molar-refractivity contribution is -0.128. The number of hydrogen-bond acceptors (Lipinski definition) is 6. The minimum atomic E-state index is 0.154. The Morgan fingerprint density at radius 1 is 1.22 bits per heavy atom. The lowest BCUT2D eigenvalue weighted by atomic mass is 10.3. The van der Waals surface area contributed by atoms with Gasteiger partial charge >= 0.3 is 0 Å². The summed E-state index contributed by atoms with van der Waals surface area (Å²) in [4.78, 5) is 17.1. The highest BCUT2D eigenvalue weighted by molar-refractivity contribution is 7.99. The zero-order valence-electron chi connectivity index (χ0n) is 15.2. The third-order valence-corrected chi connectivity index (χ3v) is 7.21. The second-order valence-corrected chi connectivity index (χ2v) is 9.54. The van der Waals surface area contributed by atoms with Gasteiger partial charge in [-0.25, -0.2) is 0 Å². The van der Waals surface area contributed by atoms with Crippen molar-refractivity contribution in [2.45, 2.75) is 43.9 Å². The molecule has 1 aliphatic carbocycles. The Morgan fingerprint density at radius 3 is 2.59 bits per heavy atom. The minimum absolute atomic E-state index is 0.154. The van der Waals surface area contributed by atoms with Crippen LogP contribution in [0.2, 0.25) is 0 Å². The van der Waals surface area contributed by atoms with Crippen LogP contribution in [0.15, 0.2) is 40.2 Å². The van der Waals surface area contributed by atoms with Crippen LogP contribution in [-0.2, 0) is 17.8 Å². The Bertz CT molecular complexity index is 869. The molecular weight excluding hydrogens is 396 g/mol. The average molecular weight is 419 g/mol. The summed E-state index contributed by atoms with van der Waals surface area (Å²) in [5.41, 5.74) is 0. The van der Waals surface area contributed by atoms with Gasteiger partial charge in [-0.05, 0) is 42.7 Å². The predicted molar refractivity (Wildman–Crippen MR) is 112 cm³/mol. The first-order valence-corrected chi connectivity index (χ1v) is 11.9. The van der Waals surface area contributed by atoms with Gasteiger partial charge in [0.15, 0.2) is 5.16 Å². The van der Waals surface area contributed by atoms with E-state index in [-0.39, 0.29) is 5.91 Å². The molecule has 142 valence electrons. The van der Waals surface area contributed by atoms with E-state index in [9.17, 15) is 4.79 Å². The van der Waals surface area contributed by atoms with E-state index in [4.69, 9.17) is 0 Å². The number of carbonyl (C=O) groups excluding carboxylic acids is 1. The fourth-order valence-electron chi connectivity index (χ4n) is 2.98. The maximum atomic E-state index is 12.7. The fraction of sp³-hybridized carbons (Fsp3) is 0.421. The van der Waals surface area contributed by atoms with Crippen LogP contribution in [-0.4, -0.2) is 37.9 Å². The summed E-state index contributed by atoms with van der Waals surface area (Å²) in [6, 6.07) is 8.81. The molecule has 0 atom stereocenters. The molecule has 1 fully saturated rings. The van der Waals surface area contributed by atoms with E-state index >= 15 is 0 Å². The van der Waals surface area contributed by atoms with E-state index in [2.05, 4.69) is 43.7 Å². The Hall–Kier alpha value is -1.64. The topological polar surface area (TPSA) is 51.0 Å². The van der Waals surface area contributed by atoms with Crippen LogP contribution >= 0.6 is 34.4 Å². The van der Waals surface area contributed by atoms with E-state index in [1.807, 2.05) is 17.9 Å². The van der Waals surface area contributed by atoms with Crippen LogP contribution in [0.25, 0.3) is 0 Å². The molecule has 0 unspecified atom stereocenters. The molecule has 0 aliphatic heterocycles. The molecule has 1 aliphatic rings. The van der Waals surface area contributed by atoms with Crippen LogP contribution in [0.5, 0.6) is 0 Å². The van der Waals surface area contributed by atoms with Crippen molar-refractivity contribution in [1.29, 1.82) is 0 Å². The van der Waals surface area contributed by atoms with Gasteiger partial charge in [-0.2, -0.15) is 0 Å². The smallest absolute Gasteiger partial charge is 0.233 e. The molecule has 3 aromatic heterocycles. The maximum Gasteiger partial charge on any atom is 0.233 e. The monoisotopic (exact) mass is 418 g/mol. The molecule has 27 heavy (non-hydrogen) atoms. The second-order valence-electron chi connectivity index (χ2n) is 6.53. The van der Waals surface area contributed by atoms with Gasteiger partial charge in [0, 0.05) is 28.8 Å². The van der Waals surface area contributed by atoms with E-state index in [1.165, 1.54) is 34.4 Å². The molecule has 0 N–H and O–H groups in total. The number of nitrogens with zero attached hydrogens (tertiary/aromatic N) is 4. The first kappa shape index (κ1) is 18.7. The second kappa shape index (κ2) is 8.58. The molecule has 5 nitrogen and oxygen atoms in total. The van der Waals surface area contributed by atoms with Gasteiger partial charge in [0.25, 0.3) is 0 Å². The summed E-state index contributed by atoms with van der Waals surface area (Å²) in [5.74, 6) is 1.57. The van der Waals surface area contributed by atoms with Gasteiger partial charge in [-0.1, -0.05) is 23.9 Å². The average Bonchev–Trinajstić information content (AvgIpc) is 3.08. The van der Waals surface area contributed by atoms with Crippen LogP contribution in [0.1, 0.15) is 41.4 Å². The van der Waals surface area contributed by atoms with E-state index in [0.717, 1.165) is 23.9 Å². The van der Waals surface area contributed by atoms with Gasteiger partial charge in [0.05, 0.1) is 12.3 Å². The van der Waals surface area contributed by atoms with Gasteiger partial charge in [-0.3, -0.25) is 4.79 Å². The Kier molecular flexibility index (Phi) is 5.95. The first-order valence-electron chi connectivity index (χ1n) is 9.13. The molecule has 0 spiro atoms. The molecule has 0 saturated heterocycles. The van der Waals surface area contributed by atoms with Crippen LogP contribution in [0, 0.1) is 0 Å². The van der Waals surface area contributed by atoms with Crippen molar-refractivity contribution < 1.29 is 4.79 Å². The Labute approximate surface area is 171 Å². The highest BCUT2D eigenvalue weighted by Gasteiger charge is 2.30. The third kappa shape index (κ3) is 4.62. The quantitative estimate of drug-likeness (QED) is 0.481. The normalized spacial score (nSPS) is 13.8. The standard InChI is InChI=1S/C19H22N4OS3/c1-2-22(12-16-6-4-10-26-16)18(24)13-27-19-21-20-17(23(19)14-7-8-14)11-15-5-3-9-25-15/h3-6,9-10,14H,2,7-8,11-13H2,1H3. The van der Waals surface area contributed by atoms with Gasteiger partial charge in [-0.15, -0.1) is 32.9 Å². The predicted octanol–water partition coefficient (Wildman–Crippen LogP) is 4.47. The summed E-state index contributed by atoms with van der Waals surface area (Å²) in [5, 5.41) is 13.9. The van der Waals surface area contributed by atoms with Crippen molar-refractivity contribution in [3.8, 4) is 0 Å². The highest BCUT2D eigenvalue weighted by Crippen LogP contribution is 2.39. The number of thioether (sulfide) groups is 1. The molecule has 0 radical (unpaired) electrons. The summed E-state index contributed by atoms with van der Waals surface area (Å²) < 4.78 is 2.26. The SMILES string of the molecule is CCN(Cc1cccs1)C(=O)CSc1nnc(Cc2cccs2)n1C1CC1. The van der Waals surface area contributed by atoms with Crippen molar-refractivity contribution in [1.82, 2.24) is 19.7 Å². The lowest BCUT2D eigenvalue weighted by Crippen LogP contribution is -2.31. The molecule has 1 amide bonds. The van der Waals surface area contributed by atoms with E-state index in [0.29, 0.717) is 18.3 Å². The summed E-state index contributed by atoms with van der Waals surface area (Å²) >= 11 is 4.96. The van der Waals surface area contributed by atoms with Crippen LogP contribution < -0.4 is 0 Å². The number of rotatable bonds is 9. The number of hydrogen-bond donors (Lipinski definition) is 0. The molecular formula is C19H22N4OS3. The number of carbonyl (C=O) groups is 1. The number of amides is 1. The minimum Gasteiger partial charge on any atom is -0.337 e. The number of aromatic nitrogens is 3. The van der Waals surface area contributed by atoms with Crippen molar-refractivity contribution in [3.63, 3.8) is 0 Å². The van der Waals surface area contributed by atoms with Crippen molar-refractivity contribution in [3.05, 3.63) is 50.6 Å². The van der Waals surface area contributed by atoms with Gasteiger partial charge in [0.1, 0.15) is 5.82 Å². The van der Waals surface area contributed by atoms with E-state index < -0.39 is 0 Å². The highest BCUT2D eigenvalue weighted by atomic mass is 32.2. The molecule has 8 heteroatoms. The molecule has 0 aromatic carbocycles. The molecule has 1 saturated carbocycles. The zero-order chi connectivity index (χ0) is 18.6. The maximum absolute atomic E-state index is 12.7. The molecule has 4 rings (SSSR count). The Balaban J connectivity index is 1.41. The van der Waals surface area contributed by atoms with Crippen molar-refractivity contribution in [2.24, 2.45) is 0 Å².